The summed E-state index contributed by atoms with van der Waals surface area (Å²) in [5.74, 6) is -0.467. The zero-order valence-electron chi connectivity index (χ0n) is 15.4. The third-order valence-corrected chi connectivity index (χ3v) is 7.50. The molecule has 0 bridgehead atoms. The fourth-order valence-electron chi connectivity index (χ4n) is 2.79. The van der Waals surface area contributed by atoms with E-state index in [1.165, 1.54) is 19.9 Å². The smallest absolute Gasteiger partial charge is 0.282 e. The third-order valence-electron chi connectivity index (χ3n) is 4.31. The molecular formula is C16H26N4O4S2. The standard InChI is InChI=1S/C16H26N4O4S2/c1-4-19(5-2)26(23,24)20-10-8-18(9-11-20)15(21)12-17-16(22)14-7-6-13(3)25-14/h6-7H,4-5,8-12H2,1-3H3,(H,17,22). The fraction of sp³-hybridized carbons (Fsp3) is 0.625. The van der Waals surface area contributed by atoms with Gasteiger partial charge in [-0.3, -0.25) is 9.59 Å². The van der Waals surface area contributed by atoms with Crippen molar-refractivity contribution in [3.8, 4) is 0 Å². The van der Waals surface area contributed by atoms with Crippen molar-refractivity contribution in [1.29, 1.82) is 0 Å². The monoisotopic (exact) mass is 402 g/mol. The number of nitrogens with zero attached hydrogens (tertiary/aromatic N) is 3. The SMILES string of the molecule is CCN(CC)S(=O)(=O)N1CCN(C(=O)CNC(=O)c2ccc(C)s2)CC1. The van der Waals surface area contributed by atoms with Crippen LogP contribution in [-0.2, 0) is 15.0 Å². The molecule has 0 saturated carbocycles. The van der Waals surface area contributed by atoms with Crippen LogP contribution in [0.4, 0.5) is 0 Å². The van der Waals surface area contributed by atoms with Gasteiger partial charge in [-0.15, -0.1) is 11.3 Å². The Morgan fingerprint density at radius 3 is 2.27 bits per heavy atom. The van der Waals surface area contributed by atoms with E-state index in [0.717, 1.165) is 4.88 Å². The second kappa shape index (κ2) is 8.94. The minimum absolute atomic E-state index is 0.0847. The number of amides is 2. The molecule has 0 unspecified atom stereocenters. The average Bonchev–Trinajstić information content (AvgIpc) is 3.07. The largest absolute Gasteiger partial charge is 0.342 e. The minimum Gasteiger partial charge on any atom is -0.342 e. The van der Waals surface area contributed by atoms with Gasteiger partial charge in [-0.25, -0.2) is 0 Å². The summed E-state index contributed by atoms with van der Waals surface area (Å²) in [5, 5.41) is 2.63. The Morgan fingerprint density at radius 2 is 1.77 bits per heavy atom. The molecule has 8 nitrogen and oxygen atoms in total. The quantitative estimate of drug-likeness (QED) is 0.720. The number of thiophene rings is 1. The number of rotatable bonds is 7. The van der Waals surface area contributed by atoms with Crippen LogP contribution in [0.25, 0.3) is 0 Å². The van der Waals surface area contributed by atoms with Crippen molar-refractivity contribution in [3.63, 3.8) is 0 Å². The molecule has 2 heterocycles. The van der Waals surface area contributed by atoms with E-state index in [-0.39, 0.29) is 31.4 Å². The normalized spacial score (nSPS) is 16.1. The highest BCUT2D eigenvalue weighted by atomic mass is 32.2. The number of carbonyl (C=O) groups is 2. The molecule has 0 spiro atoms. The predicted octanol–water partition coefficient (Wildman–Crippen LogP) is 0.517. The van der Waals surface area contributed by atoms with Gasteiger partial charge in [0.15, 0.2) is 0 Å². The van der Waals surface area contributed by atoms with Gasteiger partial charge in [0, 0.05) is 44.1 Å². The third kappa shape index (κ3) is 4.81. The van der Waals surface area contributed by atoms with E-state index in [2.05, 4.69) is 5.32 Å². The zero-order chi connectivity index (χ0) is 19.3. The molecule has 2 amide bonds. The van der Waals surface area contributed by atoms with E-state index in [9.17, 15) is 18.0 Å². The maximum absolute atomic E-state index is 12.5. The highest BCUT2D eigenvalue weighted by Gasteiger charge is 2.32. The molecule has 1 aromatic heterocycles. The maximum Gasteiger partial charge on any atom is 0.282 e. The first-order chi connectivity index (χ1) is 12.3. The van der Waals surface area contributed by atoms with Gasteiger partial charge < -0.3 is 10.2 Å². The topological polar surface area (TPSA) is 90.0 Å². The summed E-state index contributed by atoms with van der Waals surface area (Å²) in [5.41, 5.74) is 0. The van der Waals surface area contributed by atoms with Gasteiger partial charge in [-0.05, 0) is 19.1 Å². The lowest BCUT2D eigenvalue weighted by molar-refractivity contribution is -0.131. The minimum atomic E-state index is -3.47. The second-order valence-corrected chi connectivity index (χ2v) is 9.18. The summed E-state index contributed by atoms with van der Waals surface area (Å²) in [6.45, 7) is 7.47. The van der Waals surface area contributed by atoms with E-state index >= 15 is 0 Å². The molecule has 146 valence electrons. The van der Waals surface area contributed by atoms with Crippen LogP contribution in [0, 0.1) is 6.92 Å². The zero-order valence-corrected chi connectivity index (χ0v) is 17.0. The lowest BCUT2D eigenvalue weighted by Gasteiger charge is -2.36. The molecule has 0 aliphatic carbocycles. The lowest BCUT2D eigenvalue weighted by Crippen LogP contribution is -2.55. The van der Waals surface area contributed by atoms with Crippen LogP contribution in [0.15, 0.2) is 12.1 Å². The van der Waals surface area contributed by atoms with E-state index < -0.39 is 10.2 Å². The van der Waals surface area contributed by atoms with E-state index in [1.807, 2.05) is 13.0 Å². The van der Waals surface area contributed by atoms with Crippen LogP contribution in [-0.4, -0.2) is 79.6 Å². The Balaban J connectivity index is 1.83. The lowest BCUT2D eigenvalue weighted by atomic mass is 10.3. The summed E-state index contributed by atoms with van der Waals surface area (Å²) >= 11 is 1.38. The van der Waals surface area contributed by atoms with Crippen LogP contribution in [0.2, 0.25) is 0 Å². The molecule has 26 heavy (non-hydrogen) atoms. The molecule has 1 aliphatic rings. The van der Waals surface area contributed by atoms with E-state index in [4.69, 9.17) is 0 Å². The molecule has 0 aromatic carbocycles. The van der Waals surface area contributed by atoms with Crippen molar-refractivity contribution < 1.29 is 18.0 Å². The first-order valence-electron chi connectivity index (χ1n) is 8.67. The number of piperazine rings is 1. The van der Waals surface area contributed by atoms with Crippen molar-refractivity contribution in [3.05, 3.63) is 21.9 Å². The first kappa shape index (κ1) is 20.8. The Bertz CT molecular complexity index is 735. The number of aryl methyl sites for hydroxylation is 1. The number of hydrogen-bond donors (Lipinski definition) is 1. The summed E-state index contributed by atoms with van der Waals surface area (Å²) < 4.78 is 27.8. The van der Waals surface area contributed by atoms with Crippen LogP contribution in [0.1, 0.15) is 28.4 Å². The van der Waals surface area contributed by atoms with Crippen molar-refractivity contribution in [1.82, 2.24) is 18.8 Å². The molecule has 1 fully saturated rings. The summed E-state index contributed by atoms with van der Waals surface area (Å²) in [6, 6.07) is 3.59. The van der Waals surface area contributed by atoms with Crippen LogP contribution in [0.5, 0.6) is 0 Å². The maximum atomic E-state index is 12.5. The van der Waals surface area contributed by atoms with Gasteiger partial charge in [0.05, 0.1) is 11.4 Å². The molecule has 0 atom stereocenters. The highest BCUT2D eigenvalue weighted by molar-refractivity contribution is 7.86. The van der Waals surface area contributed by atoms with E-state index in [0.29, 0.717) is 31.1 Å². The number of hydrogen-bond acceptors (Lipinski definition) is 5. The van der Waals surface area contributed by atoms with Crippen LogP contribution in [0.3, 0.4) is 0 Å². The highest BCUT2D eigenvalue weighted by Crippen LogP contribution is 2.15. The average molecular weight is 403 g/mol. The first-order valence-corrected chi connectivity index (χ1v) is 10.9. The molecule has 1 N–H and O–H groups in total. The summed E-state index contributed by atoms with van der Waals surface area (Å²) in [7, 11) is -3.47. The molecule has 1 saturated heterocycles. The molecule has 0 radical (unpaired) electrons. The molecule has 1 aliphatic heterocycles. The second-order valence-electron chi connectivity index (χ2n) is 5.96. The van der Waals surface area contributed by atoms with Gasteiger partial charge in [-0.1, -0.05) is 13.8 Å². The Kier molecular flexibility index (Phi) is 7.16. The summed E-state index contributed by atoms with van der Waals surface area (Å²) in [4.78, 5) is 27.5. The van der Waals surface area contributed by atoms with Gasteiger partial charge in [-0.2, -0.15) is 17.0 Å². The van der Waals surface area contributed by atoms with Gasteiger partial charge >= 0.3 is 0 Å². The van der Waals surface area contributed by atoms with Crippen molar-refractivity contribution in [2.45, 2.75) is 20.8 Å². The van der Waals surface area contributed by atoms with Crippen molar-refractivity contribution in [2.75, 3.05) is 45.8 Å². The number of carbonyl (C=O) groups excluding carboxylic acids is 2. The van der Waals surface area contributed by atoms with Crippen molar-refractivity contribution in [2.24, 2.45) is 0 Å². The Hall–Kier alpha value is -1.49. The predicted molar refractivity (Wildman–Crippen MR) is 101 cm³/mol. The van der Waals surface area contributed by atoms with Crippen LogP contribution >= 0.6 is 11.3 Å². The van der Waals surface area contributed by atoms with Gasteiger partial charge in [0.25, 0.3) is 16.1 Å². The summed E-state index contributed by atoms with van der Waals surface area (Å²) in [6.07, 6.45) is 0. The molecule has 1 aromatic rings. The van der Waals surface area contributed by atoms with Gasteiger partial charge in [0.1, 0.15) is 0 Å². The fourth-order valence-corrected chi connectivity index (χ4v) is 5.18. The van der Waals surface area contributed by atoms with Gasteiger partial charge in [0.2, 0.25) is 5.91 Å². The Morgan fingerprint density at radius 1 is 1.15 bits per heavy atom. The molecule has 10 heteroatoms. The Labute approximate surface area is 158 Å². The van der Waals surface area contributed by atoms with Crippen molar-refractivity contribution >= 4 is 33.4 Å². The van der Waals surface area contributed by atoms with E-state index in [1.54, 1.807) is 24.8 Å². The number of nitrogens with one attached hydrogen (secondary N) is 1. The molecular weight excluding hydrogens is 376 g/mol. The van der Waals surface area contributed by atoms with Crippen LogP contribution < -0.4 is 5.32 Å². The molecule has 2 rings (SSSR count).